The number of aryl methyl sites for hydroxylation is 1. The first-order valence-electron chi connectivity index (χ1n) is 6.75. The summed E-state index contributed by atoms with van der Waals surface area (Å²) in [5, 5.41) is 0.329. The third-order valence-electron chi connectivity index (χ3n) is 3.13. The maximum atomic E-state index is 5.94. The van der Waals surface area contributed by atoms with E-state index < -0.39 is 0 Å². The Morgan fingerprint density at radius 1 is 1.28 bits per heavy atom. The molecule has 0 spiro atoms. The molecule has 4 heteroatoms. The minimum atomic E-state index is 0.329. The molecule has 0 unspecified atom stereocenters. The molecule has 0 fully saturated rings. The van der Waals surface area contributed by atoms with Crippen molar-refractivity contribution in [2.24, 2.45) is 5.92 Å². The molecular formula is C14H24ClN3. The van der Waals surface area contributed by atoms with Crippen LogP contribution in [-0.2, 0) is 0 Å². The van der Waals surface area contributed by atoms with Crippen LogP contribution in [0.4, 0.5) is 5.82 Å². The highest BCUT2D eigenvalue weighted by molar-refractivity contribution is 6.28. The number of aromatic nitrogens is 2. The van der Waals surface area contributed by atoms with Crippen molar-refractivity contribution in [3.05, 3.63) is 17.0 Å². The zero-order valence-electron chi connectivity index (χ0n) is 12.1. The largest absolute Gasteiger partial charge is 0.353 e. The Labute approximate surface area is 116 Å². The van der Waals surface area contributed by atoms with Gasteiger partial charge in [0.1, 0.15) is 5.82 Å². The summed E-state index contributed by atoms with van der Waals surface area (Å²) >= 11 is 5.94. The molecule has 1 rings (SSSR count). The lowest BCUT2D eigenvalue weighted by atomic mass is 10.1. The van der Waals surface area contributed by atoms with E-state index in [2.05, 4.69) is 42.6 Å². The zero-order valence-corrected chi connectivity index (χ0v) is 12.8. The lowest BCUT2D eigenvalue weighted by molar-refractivity contribution is 0.502. The molecule has 0 saturated carbocycles. The molecule has 18 heavy (non-hydrogen) atoms. The molecule has 0 aliphatic carbocycles. The molecule has 0 aliphatic heterocycles. The molecule has 0 bridgehead atoms. The topological polar surface area (TPSA) is 29.0 Å². The van der Waals surface area contributed by atoms with Crippen molar-refractivity contribution in [1.82, 2.24) is 9.97 Å². The first-order valence-corrected chi connectivity index (χ1v) is 7.13. The van der Waals surface area contributed by atoms with Gasteiger partial charge in [-0.2, -0.15) is 0 Å². The standard InChI is InChI=1S/C14H24ClN3/c1-6-12(7-2)18(9-10(3)4)13-11(5)8-16-14(15)17-13/h8,10,12H,6-7,9H2,1-5H3. The predicted molar refractivity (Wildman–Crippen MR) is 78.3 cm³/mol. The van der Waals surface area contributed by atoms with E-state index in [1.807, 2.05) is 6.92 Å². The van der Waals surface area contributed by atoms with Gasteiger partial charge in [0.25, 0.3) is 0 Å². The Kier molecular flexibility index (Phi) is 5.86. The average molecular weight is 270 g/mol. The van der Waals surface area contributed by atoms with Crippen LogP contribution in [0.15, 0.2) is 6.20 Å². The number of hydrogen-bond acceptors (Lipinski definition) is 3. The second-order valence-corrected chi connectivity index (χ2v) is 5.50. The molecule has 3 nitrogen and oxygen atoms in total. The maximum absolute atomic E-state index is 5.94. The second kappa shape index (κ2) is 6.93. The van der Waals surface area contributed by atoms with Gasteiger partial charge in [0, 0.05) is 24.3 Å². The van der Waals surface area contributed by atoms with Crippen molar-refractivity contribution in [3.8, 4) is 0 Å². The molecular weight excluding hydrogens is 246 g/mol. The van der Waals surface area contributed by atoms with Crippen LogP contribution in [0, 0.1) is 12.8 Å². The molecule has 0 saturated heterocycles. The van der Waals surface area contributed by atoms with E-state index in [4.69, 9.17) is 11.6 Å². The number of rotatable bonds is 6. The van der Waals surface area contributed by atoms with E-state index in [9.17, 15) is 0 Å². The summed E-state index contributed by atoms with van der Waals surface area (Å²) in [6, 6.07) is 0.511. The minimum absolute atomic E-state index is 0.329. The van der Waals surface area contributed by atoms with Gasteiger partial charge in [0.2, 0.25) is 5.28 Å². The molecule has 0 aliphatic rings. The highest BCUT2D eigenvalue weighted by Gasteiger charge is 2.20. The second-order valence-electron chi connectivity index (χ2n) is 5.16. The molecule has 0 aromatic carbocycles. The summed E-state index contributed by atoms with van der Waals surface area (Å²) in [5.74, 6) is 1.58. The fourth-order valence-electron chi connectivity index (χ4n) is 2.23. The Hall–Kier alpha value is -0.830. The Morgan fingerprint density at radius 3 is 2.39 bits per heavy atom. The summed E-state index contributed by atoms with van der Waals surface area (Å²) in [5.41, 5.74) is 1.09. The third-order valence-corrected chi connectivity index (χ3v) is 3.31. The number of nitrogens with zero attached hydrogens (tertiary/aromatic N) is 3. The van der Waals surface area contributed by atoms with Gasteiger partial charge in [-0.15, -0.1) is 0 Å². The average Bonchev–Trinajstić information content (AvgIpc) is 2.32. The van der Waals surface area contributed by atoms with E-state index in [1.165, 1.54) is 0 Å². The molecule has 1 heterocycles. The van der Waals surface area contributed by atoms with Crippen molar-refractivity contribution < 1.29 is 0 Å². The van der Waals surface area contributed by atoms with Crippen LogP contribution in [-0.4, -0.2) is 22.6 Å². The maximum Gasteiger partial charge on any atom is 0.224 e. The molecule has 0 amide bonds. The monoisotopic (exact) mass is 269 g/mol. The number of anilines is 1. The molecule has 1 aromatic rings. The van der Waals surface area contributed by atoms with Crippen LogP contribution >= 0.6 is 11.6 Å². The van der Waals surface area contributed by atoms with Gasteiger partial charge < -0.3 is 4.90 Å². The summed E-state index contributed by atoms with van der Waals surface area (Å²) in [6.45, 7) is 11.9. The van der Waals surface area contributed by atoms with Crippen LogP contribution in [0.3, 0.4) is 0 Å². The number of halogens is 1. The van der Waals surface area contributed by atoms with Crippen molar-refractivity contribution in [1.29, 1.82) is 0 Å². The minimum Gasteiger partial charge on any atom is -0.353 e. The fourth-order valence-corrected chi connectivity index (χ4v) is 2.36. The highest BCUT2D eigenvalue weighted by atomic mass is 35.5. The van der Waals surface area contributed by atoms with Crippen LogP contribution in [0.1, 0.15) is 46.1 Å². The summed E-state index contributed by atoms with van der Waals surface area (Å²) in [4.78, 5) is 10.8. The van der Waals surface area contributed by atoms with Gasteiger partial charge in [-0.3, -0.25) is 0 Å². The Balaban J connectivity index is 3.11. The fraction of sp³-hybridized carbons (Fsp3) is 0.714. The van der Waals surface area contributed by atoms with Gasteiger partial charge >= 0.3 is 0 Å². The van der Waals surface area contributed by atoms with Gasteiger partial charge in [-0.1, -0.05) is 27.7 Å². The highest BCUT2D eigenvalue weighted by Crippen LogP contribution is 2.24. The van der Waals surface area contributed by atoms with Crippen molar-refractivity contribution in [2.45, 2.75) is 53.5 Å². The summed E-state index contributed by atoms with van der Waals surface area (Å²) in [7, 11) is 0. The molecule has 102 valence electrons. The van der Waals surface area contributed by atoms with Crippen molar-refractivity contribution in [3.63, 3.8) is 0 Å². The smallest absolute Gasteiger partial charge is 0.224 e. The molecule has 0 N–H and O–H groups in total. The van der Waals surface area contributed by atoms with Crippen molar-refractivity contribution in [2.75, 3.05) is 11.4 Å². The first kappa shape index (κ1) is 15.2. The van der Waals surface area contributed by atoms with Crippen LogP contribution in [0.25, 0.3) is 0 Å². The summed E-state index contributed by atoms with van der Waals surface area (Å²) < 4.78 is 0. The Bertz CT molecular complexity index is 375. The van der Waals surface area contributed by atoms with Crippen LogP contribution in [0.2, 0.25) is 5.28 Å². The van der Waals surface area contributed by atoms with Gasteiger partial charge in [0.15, 0.2) is 0 Å². The van der Waals surface area contributed by atoms with Crippen LogP contribution in [0.5, 0.6) is 0 Å². The molecule has 1 aromatic heterocycles. The summed E-state index contributed by atoms with van der Waals surface area (Å²) in [6.07, 6.45) is 4.04. The third kappa shape index (κ3) is 3.84. The first-order chi connectivity index (χ1) is 8.49. The predicted octanol–water partition coefficient (Wildman–Crippen LogP) is 4.09. The molecule has 0 radical (unpaired) electrons. The van der Waals surface area contributed by atoms with E-state index >= 15 is 0 Å². The van der Waals surface area contributed by atoms with Crippen LogP contribution < -0.4 is 4.90 Å². The zero-order chi connectivity index (χ0) is 13.7. The lowest BCUT2D eigenvalue weighted by Gasteiger charge is -2.34. The van der Waals surface area contributed by atoms with E-state index in [-0.39, 0.29) is 0 Å². The SMILES string of the molecule is CCC(CC)N(CC(C)C)c1nc(Cl)ncc1C. The van der Waals surface area contributed by atoms with E-state index in [0.717, 1.165) is 30.8 Å². The van der Waals surface area contributed by atoms with Gasteiger partial charge in [-0.05, 0) is 37.3 Å². The van der Waals surface area contributed by atoms with Gasteiger partial charge in [-0.25, -0.2) is 9.97 Å². The quantitative estimate of drug-likeness (QED) is 0.729. The van der Waals surface area contributed by atoms with E-state index in [1.54, 1.807) is 6.20 Å². The normalized spacial score (nSPS) is 11.3. The van der Waals surface area contributed by atoms with Gasteiger partial charge in [0.05, 0.1) is 0 Å². The molecule has 0 atom stereocenters. The number of hydrogen-bond donors (Lipinski definition) is 0. The van der Waals surface area contributed by atoms with Crippen molar-refractivity contribution >= 4 is 17.4 Å². The lowest BCUT2D eigenvalue weighted by Crippen LogP contribution is -2.38. The Morgan fingerprint density at radius 2 is 1.89 bits per heavy atom. The van der Waals surface area contributed by atoms with E-state index in [0.29, 0.717) is 17.2 Å².